The summed E-state index contributed by atoms with van der Waals surface area (Å²) < 4.78 is 29.3. The van der Waals surface area contributed by atoms with Gasteiger partial charge >= 0.3 is 0 Å². The zero-order valence-electron chi connectivity index (χ0n) is 10.7. The summed E-state index contributed by atoms with van der Waals surface area (Å²) in [6.07, 6.45) is 6.01. The number of halogens is 3. The van der Waals surface area contributed by atoms with Crippen LogP contribution in [0.1, 0.15) is 25.7 Å². The first kappa shape index (κ1) is 18.0. The van der Waals surface area contributed by atoms with Gasteiger partial charge in [0.25, 0.3) is 9.05 Å². The number of ether oxygens (including phenoxy) is 1. The normalized spacial score (nSPS) is 11.3. The van der Waals surface area contributed by atoms with Gasteiger partial charge < -0.3 is 4.74 Å². The molecule has 3 nitrogen and oxygen atoms in total. The van der Waals surface area contributed by atoms with Crippen molar-refractivity contribution in [2.45, 2.75) is 30.6 Å². The molecule has 0 aliphatic carbocycles. The Balaban J connectivity index is 2.65. The molecule has 112 valence electrons. The molecule has 1 rings (SSSR count). The minimum absolute atomic E-state index is 0.0243. The molecule has 0 fully saturated rings. The van der Waals surface area contributed by atoms with Gasteiger partial charge in [0.15, 0.2) is 0 Å². The molecular weight excluding hydrogens is 431 g/mol. The minimum atomic E-state index is -3.75. The molecule has 0 spiro atoms. The van der Waals surface area contributed by atoms with Gasteiger partial charge in [0.05, 0.1) is 20.4 Å². The molecule has 0 bridgehead atoms. The predicted molar refractivity (Wildman–Crippen MR) is 89.0 cm³/mol. The molecule has 0 heterocycles. The molecule has 20 heavy (non-hydrogen) atoms. The number of hydrogen-bond acceptors (Lipinski definition) is 3. The lowest BCUT2D eigenvalue weighted by molar-refractivity contribution is 0.301. The fourth-order valence-corrected chi connectivity index (χ4v) is 4.06. The van der Waals surface area contributed by atoms with E-state index in [1.807, 2.05) is 6.08 Å². The molecule has 7 heteroatoms. The molecule has 0 aliphatic rings. The maximum absolute atomic E-state index is 11.3. The van der Waals surface area contributed by atoms with Crippen LogP contribution in [0, 0.1) is 0 Å². The Morgan fingerprint density at radius 3 is 2.30 bits per heavy atom. The Morgan fingerprint density at radius 2 is 1.80 bits per heavy atom. The molecule has 0 atom stereocenters. The van der Waals surface area contributed by atoms with E-state index in [-0.39, 0.29) is 4.90 Å². The first-order valence-corrected chi connectivity index (χ1v) is 9.93. The summed E-state index contributed by atoms with van der Waals surface area (Å²) in [5.41, 5.74) is 0. The number of benzene rings is 1. The lowest BCUT2D eigenvalue weighted by Gasteiger charge is -2.11. The zero-order chi connectivity index (χ0) is 15.2. The number of allylic oxidation sites excluding steroid dienone is 1. The summed E-state index contributed by atoms with van der Waals surface area (Å²) in [4.78, 5) is 0.0243. The summed E-state index contributed by atoms with van der Waals surface area (Å²) >= 11 is 6.59. The highest BCUT2D eigenvalue weighted by Gasteiger charge is 2.16. The van der Waals surface area contributed by atoms with E-state index < -0.39 is 9.05 Å². The molecule has 0 saturated carbocycles. The van der Waals surface area contributed by atoms with Gasteiger partial charge in [-0.1, -0.05) is 6.08 Å². The van der Waals surface area contributed by atoms with Crippen LogP contribution in [-0.2, 0) is 9.05 Å². The summed E-state index contributed by atoms with van der Waals surface area (Å²) in [5, 5.41) is 0. The monoisotopic (exact) mass is 444 g/mol. The van der Waals surface area contributed by atoms with Crippen LogP contribution in [0.4, 0.5) is 0 Å². The highest BCUT2D eigenvalue weighted by molar-refractivity contribution is 9.11. The third-order valence-electron chi connectivity index (χ3n) is 2.55. The topological polar surface area (TPSA) is 43.4 Å². The molecular formula is C13H15Br2ClO3S. The average Bonchev–Trinajstić information content (AvgIpc) is 2.34. The van der Waals surface area contributed by atoms with Crippen molar-refractivity contribution < 1.29 is 13.2 Å². The van der Waals surface area contributed by atoms with Crippen molar-refractivity contribution in [3.63, 3.8) is 0 Å². The van der Waals surface area contributed by atoms with Crippen LogP contribution in [-0.4, -0.2) is 15.0 Å². The van der Waals surface area contributed by atoms with Crippen molar-refractivity contribution in [3.05, 3.63) is 33.7 Å². The smallest absolute Gasteiger partial charge is 0.261 e. The van der Waals surface area contributed by atoms with Gasteiger partial charge in [0.1, 0.15) is 5.75 Å². The van der Waals surface area contributed by atoms with Crippen molar-refractivity contribution in [1.29, 1.82) is 0 Å². The Labute approximate surface area is 141 Å². The molecule has 1 aromatic rings. The van der Waals surface area contributed by atoms with E-state index in [2.05, 4.69) is 38.4 Å². The van der Waals surface area contributed by atoms with Crippen molar-refractivity contribution >= 4 is 51.6 Å². The first-order chi connectivity index (χ1) is 9.36. The van der Waals surface area contributed by atoms with E-state index in [1.165, 1.54) is 12.1 Å². The number of rotatable bonds is 8. The predicted octanol–water partition coefficient (Wildman–Crippen LogP) is 5.26. The van der Waals surface area contributed by atoms with Crippen LogP contribution in [0.25, 0.3) is 0 Å². The van der Waals surface area contributed by atoms with E-state index in [9.17, 15) is 8.42 Å². The van der Waals surface area contributed by atoms with E-state index in [0.717, 1.165) is 25.7 Å². The quantitative estimate of drug-likeness (QED) is 0.311. The van der Waals surface area contributed by atoms with Crippen molar-refractivity contribution in [2.24, 2.45) is 0 Å². The van der Waals surface area contributed by atoms with E-state index >= 15 is 0 Å². The van der Waals surface area contributed by atoms with Crippen LogP contribution >= 0.6 is 42.5 Å². The maximum atomic E-state index is 11.3. The average molecular weight is 447 g/mol. The van der Waals surface area contributed by atoms with E-state index in [0.29, 0.717) is 21.3 Å². The fourth-order valence-electron chi connectivity index (χ4n) is 1.56. The Morgan fingerprint density at radius 1 is 1.20 bits per heavy atom. The second-order valence-electron chi connectivity index (χ2n) is 4.14. The second kappa shape index (κ2) is 8.41. The summed E-state index contributed by atoms with van der Waals surface area (Å²) in [5.74, 6) is 0.581. The number of hydrogen-bond donors (Lipinski definition) is 0. The molecule has 0 saturated heterocycles. The van der Waals surface area contributed by atoms with Gasteiger partial charge in [0.2, 0.25) is 0 Å². The largest absolute Gasteiger partial charge is 0.491 e. The van der Waals surface area contributed by atoms with Crippen molar-refractivity contribution in [1.82, 2.24) is 0 Å². The molecule has 0 radical (unpaired) electrons. The van der Waals surface area contributed by atoms with Crippen LogP contribution < -0.4 is 4.74 Å². The van der Waals surface area contributed by atoms with Gasteiger partial charge in [-0.2, -0.15) is 0 Å². The third kappa shape index (κ3) is 5.76. The van der Waals surface area contributed by atoms with E-state index in [4.69, 9.17) is 15.4 Å². The van der Waals surface area contributed by atoms with E-state index in [1.54, 1.807) is 0 Å². The lowest BCUT2D eigenvalue weighted by atomic mass is 10.2. The molecule has 0 unspecified atom stereocenters. The SMILES string of the molecule is C=CCCCCCOc1c(Br)cc(S(=O)(=O)Cl)cc1Br. The first-order valence-electron chi connectivity index (χ1n) is 6.03. The number of unbranched alkanes of at least 4 members (excludes halogenated alkanes) is 3. The molecule has 1 aromatic carbocycles. The van der Waals surface area contributed by atoms with Crippen molar-refractivity contribution in [3.8, 4) is 5.75 Å². The van der Waals surface area contributed by atoms with Crippen molar-refractivity contribution in [2.75, 3.05) is 6.61 Å². The van der Waals surface area contributed by atoms with Crippen LogP contribution in [0.15, 0.2) is 38.6 Å². The van der Waals surface area contributed by atoms with Gasteiger partial charge in [-0.25, -0.2) is 8.42 Å². The summed E-state index contributed by atoms with van der Waals surface area (Å²) in [6.45, 7) is 4.24. The Bertz CT molecular complexity index is 550. The summed E-state index contributed by atoms with van der Waals surface area (Å²) in [7, 11) is 1.56. The zero-order valence-corrected chi connectivity index (χ0v) is 15.5. The second-order valence-corrected chi connectivity index (χ2v) is 8.41. The summed E-state index contributed by atoms with van der Waals surface area (Å²) in [6, 6.07) is 2.86. The van der Waals surface area contributed by atoms with Gasteiger partial charge in [0, 0.05) is 10.7 Å². The van der Waals surface area contributed by atoms with Crippen LogP contribution in [0.3, 0.4) is 0 Å². The van der Waals surface area contributed by atoms with Gasteiger partial charge in [-0.3, -0.25) is 0 Å². The molecule has 0 amide bonds. The van der Waals surface area contributed by atoms with Crippen LogP contribution in [0.5, 0.6) is 5.75 Å². The Kier molecular flexibility index (Phi) is 7.58. The molecule has 0 N–H and O–H groups in total. The lowest BCUT2D eigenvalue weighted by Crippen LogP contribution is -2.00. The maximum Gasteiger partial charge on any atom is 0.261 e. The highest BCUT2D eigenvalue weighted by Crippen LogP contribution is 2.37. The Hall–Kier alpha value is -0.0400. The van der Waals surface area contributed by atoms with Gasteiger partial charge in [-0.05, 0) is 69.7 Å². The van der Waals surface area contributed by atoms with Crippen LogP contribution in [0.2, 0.25) is 0 Å². The standard InChI is InChI=1S/C13H15Br2ClO3S/c1-2-3-4-5-6-7-19-13-11(14)8-10(9-12(13)15)20(16,17)18/h2,8-9H,1,3-7H2. The molecule has 0 aromatic heterocycles. The van der Waals surface area contributed by atoms with Gasteiger partial charge in [-0.15, -0.1) is 6.58 Å². The molecule has 0 aliphatic heterocycles. The minimum Gasteiger partial charge on any atom is -0.491 e. The fraction of sp³-hybridized carbons (Fsp3) is 0.385. The highest BCUT2D eigenvalue weighted by atomic mass is 79.9. The third-order valence-corrected chi connectivity index (χ3v) is 5.06.